The Balaban J connectivity index is 1.60. The Labute approximate surface area is 163 Å². The van der Waals surface area contributed by atoms with E-state index in [-0.39, 0.29) is 17.4 Å². The van der Waals surface area contributed by atoms with Gasteiger partial charge >= 0.3 is 5.69 Å². The lowest BCUT2D eigenvalue weighted by molar-refractivity contribution is 0.416. The molecule has 4 aromatic rings. The number of pyridine rings is 1. The molecule has 8 nitrogen and oxygen atoms in total. The molecular weight excluding hydrogens is 377 g/mol. The lowest BCUT2D eigenvalue weighted by atomic mass is 9.95. The maximum absolute atomic E-state index is 13.7. The monoisotopic (exact) mass is 393 g/mol. The molecule has 0 amide bonds. The summed E-state index contributed by atoms with van der Waals surface area (Å²) in [5.41, 5.74) is 0.0555. The van der Waals surface area contributed by atoms with E-state index in [0.29, 0.717) is 16.9 Å². The molecule has 1 fully saturated rings. The predicted molar refractivity (Wildman–Crippen MR) is 102 cm³/mol. The minimum absolute atomic E-state index is 0.178. The highest BCUT2D eigenvalue weighted by molar-refractivity contribution is 5.76. The van der Waals surface area contributed by atoms with Crippen LogP contribution in [0.3, 0.4) is 0 Å². The van der Waals surface area contributed by atoms with Gasteiger partial charge < -0.3 is 4.52 Å². The van der Waals surface area contributed by atoms with Gasteiger partial charge in [-0.2, -0.15) is 4.98 Å². The number of halogens is 1. The maximum atomic E-state index is 13.7. The van der Waals surface area contributed by atoms with Crippen molar-refractivity contribution in [1.82, 2.24) is 24.3 Å². The fraction of sp³-hybridized carbons (Fsp3) is 0.250. The average Bonchev–Trinajstić information content (AvgIpc) is 3.40. The first-order chi connectivity index (χ1) is 13.9. The first kappa shape index (κ1) is 17.5. The van der Waals surface area contributed by atoms with E-state index < -0.39 is 16.7 Å². The van der Waals surface area contributed by atoms with E-state index in [2.05, 4.69) is 15.1 Å². The summed E-state index contributed by atoms with van der Waals surface area (Å²) in [6, 6.07) is 9.59. The summed E-state index contributed by atoms with van der Waals surface area (Å²) in [6.07, 6.45) is 1.59. The van der Waals surface area contributed by atoms with Crippen LogP contribution in [-0.2, 0) is 19.5 Å². The molecule has 5 rings (SSSR count). The van der Waals surface area contributed by atoms with Crippen LogP contribution in [0.25, 0.3) is 22.6 Å². The standard InChI is InChI=1S/C20H16FN5O3/c1-25-15-13(17(27)26(2)19(25)28)6-7-14(22-15)16-23-18(24-29-16)20(8-9-20)11-4-3-5-12(21)10-11/h3-7,10H,8-9H2,1-2H3. The van der Waals surface area contributed by atoms with Gasteiger partial charge in [-0.15, -0.1) is 0 Å². The van der Waals surface area contributed by atoms with Gasteiger partial charge in [-0.05, 0) is 42.7 Å². The van der Waals surface area contributed by atoms with Gasteiger partial charge in [0.15, 0.2) is 5.82 Å². The van der Waals surface area contributed by atoms with Crippen LogP contribution in [0.2, 0.25) is 0 Å². The fourth-order valence-electron chi connectivity index (χ4n) is 3.65. The van der Waals surface area contributed by atoms with Crippen LogP contribution in [0.1, 0.15) is 24.2 Å². The third-order valence-electron chi connectivity index (χ3n) is 5.50. The smallest absolute Gasteiger partial charge is 0.332 e. The molecule has 3 aromatic heterocycles. The van der Waals surface area contributed by atoms with Crippen molar-refractivity contribution >= 4 is 11.0 Å². The molecule has 1 aliphatic carbocycles. The highest BCUT2D eigenvalue weighted by Crippen LogP contribution is 2.52. The van der Waals surface area contributed by atoms with Crippen LogP contribution in [0.4, 0.5) is 4.39 Å². The minimum Gasteiger partial charge on any atom is -0.332 e. The van der Waals surface area contributed by atoms with Gasteiger partial charge in [0, 0.05) is 14.1 Å². The van der Waals surface area contributed by atoms with Crippen molar-refractivity contribution in [2.75, 3.05) is 0 Å². The Hall–Kier alpha value is -3.62. The normalized spacial score (nSPS) is 15.0. The van der Waals surface area contributed by atoms with E-state index in [4.69, 9.17) is 4.52 Å². The molecule has 0 atom stereocenters. The Morgan fingerprint density at radius 1 is 1.07 bits per heavy atom. The van der Waals surface area contributed by atoms with E-state index in [1.54, 1.807) is 25.2 Å². The maximum Gasteiger partial charge on any atom is 0.332 e. The largest absolute Gasteiger partial charge is 0.332 e. The van der Waals surface area contributed by atoms with E-state index in [1.165, 1.54) is 23.7 Å². The van der Waals surface area contributed by atoms with Crippen molar-refractivity contribution in [3.63, 3.8) is 0 Å². The summed E-state index contributed by atoms with van der Waals surface area (Å²) in [6.45, 7) is 0. The van der Waals surface area contributed by atoms with Gasteiger partial charge in [0.25, 0.3) is 11.4 Å². The molecule has 3 heterocycles. The second-order valence-corrected chi connectivity index (χ2v) is 7.29. The summed E-state index contributed by atoms with van der Waals surface area (Å²) in [5, 5.41) is 4.42. The van der Waals surface area contributed by atoms with Gasteiger partial charge in [0.05, 0.1) is 10.8 Å². The molecule has 0 saturated heterocycles. The van der Waals surface area contributed by atoms with Crippen LogP contribution in [0.15, 0.2) is 50.5 Å². The number of benzene rings is 1. The lowest BCUT2D eigenvalue weighted by Gasteiger charge is -2.10. The SMILES string of the molecule is Cn1c(=O)c2ccc(-c3nc(C4(c5cccc(F)c5)CC4)no3)nc2n(C)c1=O. The highest BCUT2D eigenvalue weighted by Gasteiger charge is 2.50. The summed E-state index contributed by atoms with van der Waals surface area (Å²) < 4.78 is 21.4. The van der Waals surface area contributed by atoms with Gasteiger partial charge in [-0.1, -0.05) is 17.3 Å². The molecule has 1 aromatic carbocycles. The number of aryl methyl sites for hydroxylation is 1. The van der Waals surface area contributed by atoms with Crippen molar-refractivity contribution in [1.29, 1.82) is 0 Å². The summed E-state index contributed by atoms with van der Waals surface area (Å²) in [4.78, 5) is 33.4. The number of rotatable bonds is 3. The molecule has 0 unspecified atom stereocenters. The lowest BCUT2D eigenvalue weighted by Crippen LogP contribution is -2.37. The van der Waals surface area contributed by atoms with Gasteiger partial charge in [-0.3, -0.25) is 13.9 Å². The zero-order valence-corrected chi connectivity index (χ0v) is 15.7. The van der Waals surface area contributed by atoms with Crippen LogP contribution in [0.5, 0.6) is 0 Å². The van der Waals surface area contributed by atoms with E-state index in [0.717, 1.165) is 23.0 Å². The molecule has 0 aliphatic heterocycles. The van der Waals surface area contributed by atoms with E-state index >= 15 is 0 Å². The minimum atomic E-state index is -0.471. The summed E-state index contributed by atoms with van der Waals surface area (Å²) in [5.74, 6) is 0.340. The van der Waals surface area contributed by atoms with Crippen molar-refractivity contribution in [2.24, 2.45) is 14.1 Å². The quantitative estimate of drug-likeness (QED) is 0.528. The molecule has 9 heteroatoms. The molecule has 146 valence electrons. The zero-order chi connectivity index (χ0) is 20.3. The third kappa shape index (κ3) is 2.54. The average molecular weight is 393 g/mol. The molecular formula is C20H16FN5O3. The number of fused-ring (bicyclic) bond motifs is 1. The van der Waals surface area contributed by atoms with Crippen LogP contribution < -0.4 is 11.2 Å². The predicted octanol–water partition coefficient (Wildman–Crippen LogP) is 1.90. The van der Waals surface area contributed by atoms with Crippen molar-refractivity contribution in [3.05, 3.63) is 74.4 Å². The summed E-state index contributed by atoms with van der Waals surface area (Å²) >= 11 is 0. The van der Waals surface area contributed by atoms with Crippen molar-refractivity contribution in [3.8, 4) is 11.6 Å². The highest BCUT2D eigenvalue weighted by atomic mass is 19.1. The van der Waals surface area contributed by atoms with E-state index in [9.17, 15) is 14.0 Å². The Morgan fingerprint density at radius 3 is 2.59 bits per heavy atom. The molecule has 0 N–H and O–H groups in total. The molecule has 0 bridgehead atoms. The number of aromatic nitrogens is 5. The fourth-order valence-corrected chi connectivity index (χ4v) is 3.65. The second kappa shape index (κ2) is 5.94. The van der Waals surface area contributed by atoms with Crippen molar-refractivity contribution in [2.45, 2.75) is 18.3 Å². The number of nitrogens with zero attached hydrogens (tertiary/aromatic N) is 5. The molecule has 0 spiro atoms. The number of hydrogen-bond acceptors (Lipinski definition) is 6. The van der Waals surface area contributed by atoms with Crippen molar-refractivity contribution < 1.29 is 8.91 Å². The molecule has 1 aliphatic rings. The van der Waals surface area contributed by atoms with Gasteiger partial charge in [-0.25, -0.2) is 14.2 Å². The first-order valence-corrected chi connectivity index (χ1v) is 9.08. The van der Waals surface area contributed by atoms with Gasteiger partial charge in [0.2, 0.25) is 0 Å². The Morgan fingerprint density at radius 2 is 1.86 bits per heavy atom. The molecule has 29 heavy (non-hydrogen) atoms. The summed E-state index contributed by atoms with van der Waals surface area (Å²) in [7, 11) is 2.97. The topological polar surface area (TPSA) is 95.8 Å². The van der Waals surface area contributed by atoms with Crippen LogP contribution >= 0.6 is 0 Å². The Bertz CT molecular complexity index is 1400. The van der Waals surface area contributed by atoms with Crippen LogP contribution in [-0.4, -0.2) is 24.3 Å². The third-order valence-corrected chi connectivity index (χ3v) is 5.50. The molecule has 1 saturated carbocycles. The van der Waals surface area contributed by atoms with Crippen LogP contribution in [0, 0.1) is 5.82 Å². The zero-order valence-electron chi connectivity index (χ0n) is 15.7. The van der Waals surface area contributed by atoms with E-state index in [1.807, 2.05) is 6.07 Å². The number of hydrogen-bond donors (Lipinski definition) is 0. The Kier molecular flexibility index (Phi) is 3.58. The second-order valence-electron chi connectivity index (χ2n) is 7.29. The van der Waals surface area contributed by atoms with Gasteiger partial charge in [0.1, 0.15) is 17.2 Å². The first-order valence-electron chi connectivity index (χ1n) is 9.08. The molecule has 0 radical (unpaired) electrons.